The summed E-state index contributed by atoms with van der Waals surface area (Å²) in [6.45, 7) is 5.68. The molecule has 0 amide bonds. The molecule has 3 aromatic rings. The molecule has 0 radical (unpaired) electrons. The highest BCUT2D eigenvalue weighted by atomic mass is 32.2. The maximum absolute atomic E-state index is 12.9. The molecule has 2 saturated heterocycles. The second kappa shape index (κ2) is 7.63. The van der Waals surface area contributed by atoms with E-state index in [0.29, 0.717) is 31.3 Å². The van der Waals surface area contributed by atoms with Crippen molar-refractivity contribution in [1.29, 1.82) is 0 Å². The van der Waals surface area contributed by atoms with E-state index < -0.39 is 10.0 Å². The van der Waals surface area contributed by atoms with E-state index >= 15 is 0 Å². The van der Waals surface area contributed by atoms with Crippen LogP contribution in [-0.4, -0.2) is 64.2 Å². The molecule has 0 N–H and O–H groups in total. The topological polar surface area (TPSA) is 84.2 Å². The predicted molar refractivity (Wildman–Crippen MR) is 116 cm³/mol. The lowest BCUT2D eigenvalue weighted by atomic mass is 10.0. The fourth-order valence-corrected chi connectivity index (χ4v) is 6.29. The smallest absolute Gasteiger partial charge is 0.214 e. The van der Waals surface area contributed by atoms with Gasteiger partial charge in [0.25, 0.3) is 0 Å². The number of aromatic nitrogens is 4. The number of benzene rings is 1. The van der Waals surface area contributed by atoms with E-state index in [-0.39, 0.29) is 5.75 Å². The molecule has 4 heterocycles. The Hall–Kier alpha value is -2.52. The first kappa shape index (κ1) is 19.4. The van der Waals surface area contributed by atoms with Crippen LogP contribution in [-0.2, 0) is 23.0 Å². The Balaban J connectivity index is 1.26. The summed E-state index contributed by atoms with van der Waals surface area (Å²) in [5.41, 5.74) is 2.74. The largest absolute Gasteiger partial charge is 0.354 e. The van der Waals surface area contributed by atoms with Gasteiger partial charge in [-0.15, -0.1) is 0 Å². The standard InChI is InChI=1S/C21H26N6O2S/c1-2-25-15-24-19-20(25)22-14-23-21(19)26-10-17-12-27(13-18(17)11-26)30(28,29)9-8-16-6-4-3-5-7-16/h3-7,14-15,17-18H,2,8-13H2,1H3. The lowest BCUT2D eigenvalue weighted by Gasteiger charge is -2.22. The third kappa shape index (κ3) is 3.45. The Labute approximate surface area is 176 Å². The summed E-state index contributed by atoms with van der Waals surface area (Å²) in [7, 11) is -3.24. The van der Waals surface area contributed by atoms with Crippen LogP contribution in [0.4, 0.5) is 5.82 Å². The maximum atomic E-state index is 12.9. The molecular formula is C21H26N6O2S. The Kier molecular flexibility index (Phi) is 4.94. The van der Waals surface area contributed by atoms with Gasteiger partial charge in [-0.25, -0.2) is 27.7 Å². The number of fused-ring (bicyclic) bond motifs is 2. The van der Waals surface area contributed by atoms with E-state index in [9.17, 15) is 8.42 Å². The van der Waals surface area contributed by atoms with Crippen LogP contribution in [0, 0.1) is 11.8 Å². The number of anilines is 1. The highest BCUT2D eigenvalue weighted by Crippen LogP contribution is 2.36. The number of hydrogen-bond donors (Lipinski definition) is 0. The minimum atomic E-state index is -3.24. The molecule has 2 aliphatic heterocycles. The van der Waals surface area contributed by atoms with Gasteiger partial charge in [0, 0.05) is 32.7 Å². The highest BCUT2D eigenvalue weighted by Gasteiger charge is 2.44. The SMILES string of the molecule is CCn1cnc2c(N3CC4CN(S(=O)(=O)CCc5ccccc5)CC4C3)ncnc21. The summed E-state index contributed by atoms with van der Waals surface area (Å²) in [5, 5.41) is 0. The van der Waals surface area contributed by atoms with Crippen molar-refractivity contribution in [3.05, 3.63) is 48.5 Å². The molecule has 2 unspecified atom stereocenters. The molecule has 30 heavy (non-hydrogen) atoms. The molecule has 0 spiro atoms. The molecule has 5 rings (SSSR count). The molecule has 2 fully saturated rings. The number of hydrogen-bond acceptors (Lipinski definition) is 6. The van der Waals surface area contributed by atoms with E-state index in [1.54, 1.807) is 17.0 Å². The van der Waals surface area contributed by atoms with Crippen LogP contribution in [0.2, 0.25) is 0 Å². The van der Waals surface area contributed by atoms with Gasteiger partial charge >= 0.3 is 0 Å². The molecule has 0 saturated carbocycles. The summed E-state index contributed by atoms with van der Waals surface area (Å²) in [6, 6.07) is 9.81. The molecule has 2 aliphatic rings. The minimum absolute atomic E-state index is 0.168. The molecule has 9 heteroatoms. The first-order valence-electron chi connectivity index (χ1n) is 10.5. The minimum Gasteiger partial charge on any atom is -0.354 e. The lowest BCUT2D eigenvalue weighted by Crippen LogP contribution is -2.35. The molecule has 2 atom stereocenters. The molecule has 8 nitrogen and oxygen atoms in total. The summed E-state index contributed by atoms with van der Waals surface area (Å²) in [5.74, 6) is 1.69. The number of imidazole rings is 1. The number of aryl methyl sites for hydroxylation is 2. The van der Waals surface area contributed by atoms with Crippen molar-refractivity contribution in [2.45, 2.75) is 19.9 Å². The quantitative estimate of drug-likeness (QED) is 0.598. The van der Waals surface area contributed by atoms with Gasteiger partial charge in [0.1, 0.15) is 6.33 Å². The number of rotatable bonds is 6. The summed E-state index contributed by atoms with van der Waals surface area (Å²) < 4.78 is 29.5. The van der Waals surface area contributed by atoms with Crippen molar-refractivity contribution in [2.75, 3.05) is 36.8 Å². The lowest BCUT2D eigenvalue weighted by molar-refractivity contribution is 0.453. The van der Waals surface area contributed by atoms with Crippen molar-refractivity contribution < 1.29 is 8.42 Å². The van der Waals surface area contributed by atoms with Crippen LogP contribution >= 0.6 is 0 Å². The maximum Gasteiger partial charge on any atom is 0.214 e. The Morgan fingerprint density at radius 3 is 2.43 bits per heavy atom. The van der Waals surface area contributed by atoms with E-state index in [2.05, 4.69) is 26.8 Å². The van der Waals surface area contributed by atoms with Gasteiger partial charge in [-0.2, -0.15) is 0 Å². The van der Waals surface area contributed by atoms with Crippen molar-refractivity contribution in [3.8, 4) is 0 Å². The Morgan fingerprint density at radius 1 is 1.00 bits per heavy atom. The zero-order valence-corrected chi connectivity index (χ0v) is 17.9. The molecule has 0 bridgehead atoms. The molecule has 2 aromatic heterocycles. The summed E-state index contributed by atoms with van der Waals surface area (Å²) in [6.07, 6.45) is 3.96. The average Bonchev–Trinajstić information content (AvgIpc) is 3.45. The molecule has 0 aliphatic carbocycles. The summed E-state index contributed by atoms with van der Waals surface area (Å²) >= 11 is 0. The van der Waals surface area contributed by atoms with Crippen LogP contribution in [0.15, 0.2) is 43.0 Å². The molecule has 1 aromatic carbocycles. The van der Waals surface area contributed by atoms with Gasteiger partial charge in [0.05, 0.1) is 12.1 Å². The van der Waals surface area contributed by atoms with Crippen molar-refractivity contribution in [2.24, 2.45) is 11.8 Å². The monoisotopic (exact) mass is 426 g/mol. The Morgan fingerprint density at radius 2 is 1.73 bits per heavy atom. The normalized spacial score (nSPS) is 22.1. The van der Waals surface area contributed by atoms with Crippen LogP contribution in [0.5, 0.6) is 0 Å². The van der Waals surface area contributed by atoms with Gasteiger partial charge in [0.15, 0.2) is 17.0 Å². The molecular weight excluding hydrogens is 400 g/mol. The van der Waals surface area contributed by atoms with Gasteiger partial charge in [-0.3, -0.25) is 0 Å². The zero-order valence-electron chi connectivity index (χ0n) is 17.1. The van der Waals surface area contributed by atoms with Crippen LogP contribution in [0.1, 0.15) is 12.5 Å². The third-order valence-electron chi connectivity index (χ3n) is 6.36. The fraction of sp³-hybridized carbons (Fsp3) is 0.476. The average molecular weight is 427 g/mol. The van der Waals surface area contributed by atoms with E-state index in [0.717, 1.165) is 42.2 Å². The number of nitrogens with zero attached hydrogens (tertiary/aromatic N) is 6. The predicted octanol–water partition coefficient (Wildman–Crippen LogP) is 1.79. The first-order valence-corrected chi connectivity index (χ1v) is 12.1. The van der Waals surface area contributed by atoms with E-state index in [1.165, 1.54) is 0 Å². The van der Waals surface area contributed by atoms with Gasteiger partial charge in [0.2, 0.25) is 10.0 Å². The summed E-state index contributed by atoms with van der Waals surface area (Å²) in [4.78, 5) is 15.7. The van der Waals surface area contributed by atoms with Crippen LogP contribution in [0.3, 0.4) is 0 Å². The van der Waals surface area contributed by atoms with E-state index in [1.807, 2.05) is 34.9 Å². The molecule has 158 valence electrons. The Bertz CT molecular complexity index is 1130. The zero-order chi connectivity index (χ0) is 20.7. The first-order chi connectivity index (χ1) is 14.5. The third-order valence-corrected chi connectivity index (χ3v) is 8.16. The van der Waals surface area contributed by atoms with Crippen molar-refractivity contribution >= 4 is 27.0 Å². The fourth-order valence-electron chi connectivity index (χ4n) is 4.70. The van der Waals surface area contributed by atoms with Gasteiger partial charge in [-0.05, 0) is 30.7 Å². The van der Waals surface area contributed by atoms with Crippen LogP contribution < -0.4 is 4.90 Å². The van der Waals surface area contributed by atoms with Crippen LogP contribution in [0.25, 0.3) is 11.2 Å². The van der Waals surface area contributed by atoms with Crippen molar-refractivity contribution in [3.63, 3.8) is 0 Å². The second-order valence-corrected chi connectivity index (χ2v) is 10.3. The highest BCUT2D eigenvalue weighted by molar-refractivity contribution is 7.89. The van der Waals surface area contributed by atoms with E-state index in [4.69, 9.17) is 0 Å². The van der Waals surface area contributed by atoms with Gasteiger partial charge in [-0.1, -0.05) is 30.3 Å². The second-order valence-electron chi connectivity index (χ2n) is 8.19. The number of sulfonamides is 1. The van der Waals surface area contributed by atoms with Gasteiger partial charge < -0.3 is 9.47 Å². The van der Waals surface area contributed by atoms with Crippen molar-refractivity contribution in [1.82, 2.24) is 23.8 Å².